The Morgan fingerprint density at radius 1 is 1.20 bits per heavy atom. The fourth-order valence-corrected chi connectivity index (χ4v) is 4.61. The van der Waals surface area contributed by atoms with Gasteiger partial charge >= 0.3 is 12.1 Å². The van der Waals surface area contributed by atoms with Gasteiger partial charge in [-0.3, -0.25) is 5.32 Å². The van der Waals surface area contributed by atoms with Gasteiger partial charge in [0.15, 0.2) is 8.17 Å². The lowest BCUT2D eigenvalue weighted by molar-refractivity contribution is -0.362. The predicted molar refractivity (Wildman–Crippen MR) is 145 cm³/mol. The minimum Gasteiger partial charge on any atom is -0.635 e. The number of carbonyl (C=O) groups is 2. The van der Waals surface area contributed by atoms with Gasteiger partial charge in [0.05, 0.1) is 17.7 Å². The summed E-state index contributed by atoms with van der Waals surface area (Å²) in [5.41, 5.74) is -0.580. The van der Waals surface area contributed by atoms with E-state index in [0.717, 1.165) is 0 Å². The molecule has 11 nitrogen and oxygen atoms in total. The molecule has 0 spiro atoms. The maximum Gasteiger partial charge on any atom is 0.412 e. The Morgan fingerprint density at radius 2 is 1.93 bits per heavy atom. The zero-order valence-electron chi connectivity index (χ0n) is 22.4. The third-order valence-corrected chi connectivity index (χ3v) is 6.94. The number of likely N-dealkylation sites (N-methyl/N-ethyl adjacent to an activating group) is 1. The number of phosphoric acid groups is 1. The number of phosphoric ester groups is 1. The van der Waals surface area contributed by atoms with Crippen molar-refractivity contribution in [2.24, 2.45) is 5.41 Å². The van der Waals surface area contributed by atoms with Crippen LogP contribution >= 0.6 is 19.8 Å². The highest BCUT2D eigenvalue weighted by atomic mass is 35.5. The number of carbonyl (C=O) groups excluding carboxylic acids is 2. The van der Waals surface area contributed by atoms with Crippen LogP contribution in [0.3, 0.4) is 0 Å². The van der Waals surface area contributed by atoms with Crippen LogP contribution in [-0.2, 0) is 15.8 Å². The maximum atomic E-state index is 13.8. The lowest BCUT2D eigenvalue weighted by Crippen LogP contribution is -2.48. The number of anilines is 1. The number of pyridine rings is 1. The number of aromatic nitrogens is 1. The van der Waals surface area contributed by atoms with Crippen molar-refractivity contribution in [2.45, 2.75) is 32.9 Å². The molecule has 0 saturated carbocycles. The number of halogens is 3. The van der Waals surface area contributed by atoms with Gasteiger partial charge in [-0.1, -0.05) is 37.6 Å². The molecule has 0 unspecified atom stereocenters. The maximum absolute atomic E-state index is 13.8. The summed E-state index contributed by atoms with van der Waals surface area (Å²) in [4.78, 5) is 62.1. The Morgan fingerprint density at radius 3 is 2.63 bits per heavy atom. The Balaban J connectivity index is 1.69. The average molecular weight is 614 g/mol. The van der Waals surface area contributed by atoms with Gasteiger partial charge in [-0.15, -0.1) is 0 Å². The van der Waals surface area contributed by atoms with Gasteiger partial charge in [0.2, 0.25) is 0 Å². The molecule has 0 fully saturated rings. The van der Waals surface area contributed by atoms with Crippen LogP contribution < -0.4 is 20.4 Å². The molecule has 3 amide bonds. The van der Waals surface area contributed by atoms with Crippen LogP contribution in [0.5, 0.6) is 0 Å². The molecule has 3 aromatic rings. The molecule has 15 heteroatoms. The van der Waals surface area contributed by atoms with Gasteiger partial charge < -0.3 is 24.7 Å². The zero-order chi connectivity index (χ0) is 30.4. The van der Waals surface area contributed by atoms with Gasteiger partial charge in [0.25, 0.3) is 0 Å². The van der Waals surface area contributed by atoms with Crippen LogP contribution in [0.25, 0.3) is 10.8 Å². The molecule has 3 N–H and O–H groups in total. The van der Waals surface area contributed by atoms with Crippen LogP contribution in [0.4, 0.5) is 24.2 Å². The molecule has 0 aliphatic carbocycles. The quantitative estimate of drug-likeness (QED) is 0.276. The van der Waals surface area contributed by atoms with Crippen LogP contribution in [0.2, 0.25) is 5.02 Å². The summed E-state index contributed by atoms with van der Waals surface area (Å²) < 4.78 is 37.2. The van der Waals surface area contributed by atoms with E-state index < -0.39 is 50.0 Å². The third kappa shape index (κ3) is 9.99. The number of nitrogens with zero attached hydrogens (tertiary/aromatic N) is 2. The van der Waals surface area contributed by atoms with Crippen molar-refractivity contribution in [3.05, 3.63) is 70.9 Å². The standard InChI is InChI=1S/C26H30ClF2N4O7P/c1-26(2,15-40-41(36,37)38)11-20(33(3)24(34)31-13-17-5-4-6-21(29)23(17)27)14-39-25(35)32-22-10-18-9-19(28)8-7-16(18)12-30-22/h4-10,12,20H,11,13-15H2,1-3H3,(H,31,34)(H,30,32,35)(H2,36,37,38)/p-1/t20-/m0/s1. The van der Waals surface area contributed by atoms with Crippen molar-refractivity contribution < 1.29 is 42.3 Å². The zero-order valence-corrected chi connectivity index (χ0v) is 24.0. The molecule has 2 aromatic carbocycles. The number of nitrogens with one attached hydrogen (secondary N) is 2. The molecule has 3 rings (SSSR count). The number of amides is 3. The normalized spacial score (nSPS) is 12.6. The Kier molecular flexibility index (Phi) is 10.8. The number of urea groups is 1. The smallest absolute Gasteiger partial charge is 0.412 e. The summed E-state index contributed by atoms with van der Waals surface area (Å²) in [6, 6.07) is 8.31. The molecule has 1 heterocycles. The lowest BCUT2D eigenvalue weighted by Gasteiger charge is -2.36. The average Bonchev–Trinajstić information content (AvgIpc) is 2.89. The lowest BCUT2D eigenvalue weighted by atomic mass is 9.86. The summed E-state index contributed by atoms with van der Waals surface area (Å²) in [6.07, 6.45) is 0.611. The summed E-state index contributed by atoms with van der Waals surface area (Å²) >= 11 is 5.96. The van der Waals surface area contributed by atoms with Gasteiger partial charge in [0, 0.05) is 25.2 Å². The van der Waals surface area contributed by atoms with Crippen molar-refractivity contribution in [3.63, 3.8) is 0 Å². The molecular weight excluding hydrogens is 585 g/mol. The van der Waals surface area contributed by atoms with E-state index in [-0.39, 0.29) is 30.4 Å². The summed E-state index contributed by atoms with van der Waals surface area (Å²) in [7, 11) is -3.58. The van der Waals surface area contributed by atoms with E-state index in [9.17, 15) is 28.2 Å². The van der Waals surface area contributed by atoms with Crippen LogP contribution in [0.15, 0.2) is 48.7 Å². The molecule has 222 valence electrons. The summed E-state index contributed by atoms with van der Waals surface area (Å²) in [6.45, 7) is 2.41. The number of hydrogen-bond donors (Lipinski definition) is 3. The van der Waals surface area contributed by atoms with Gasteiger partial charge in [-0.2, -0.15) is 0 Å². The Labute approximate surface area is 240 Å². The van der Waals surface area contributed by atoms with Gasteiger partial charge in [0.1, 0.15) is 24.1 Å². The van der Waals surface area contributed by atoms with E-state index >= 15 is 0 Å². The van der Waals surface area contributed by atoms with Crippen molar-refractivity contribution >= 4 is 48.5 Å². The highest BCUT2D eigenvalue weighted by molar-refractivity contribution is 7.50. The molecule has 0 bridgehead atoms. The van der Waals surface area contributed by atoms with Crippen LogP contribution in [0, 0.1) is 17.0 Å². The molecule has 0 saturated heterocycles. The molecule has 1 aromatic heterocycles. The first-order valence-corrected chi connectivity index (χ1v) is 14.1. The summed E-state index contributed by atoms with van der Waals surface area (Å²) in [5, 5.41) is 6.08. The highest BCUT2D eigenvalue weighted by Crippen LogP contribution is 2.38. The van der Waals surface area contributed by atoms with Crippen molar-refractivity contribution in [1.82, 2.24) is 15.2 Å². The second-order valence-electron chi connectivity index (χ2n) is 10.0. The minimum atomic E-state index is -5.00. The number of fused-ring (bicyclic) bond motifs is 1. The van der Waals surface area contributed by atoms with Crippen LogP contribution in [0.1, 0.15) is 25.8 Å². The molecule has 0 aliphatic rings. The monoisotopic (exact) mass is 613 g/mol. The van der Waals surface area contributed by atoms with E-state index in [0.29, 0.717) is 16.3 Å². The Bertz CT molecular complexity index is 1390. The number of ether oxygens (including phenoxy) is 1. The number of hydrogen-bond acceptors (Lipinski definition) is 8. The number of benzene rings is 2. The van der Waals surface area contributed by atoms with E-state index in [4.69, 9.17) is 21.2 Å². The van der Waals surface area contributed by atoms with Crippen LogP contribution in [-0.4, -0.2) is 53.2 Å². The van der Waals surface area contributed by atoms with Crippen molar-refractivity contribution in [3.8, 4) is 0 Å². The first kappa shape index (κ1) is 32.3. The van der Waals surface area contributed by atoms with E-state index in [1.54, 1.807) is 26.0 Å². The second kappa shape index (κ2) is 13.6. The fourth-order valence-electron chi connectivity index (χ4n) is 3.90. The minimum absolute atomic E-state index is 0.0679. The van der Waals surface area contributed by atoms with Crippen molar-refractivity contribution in [1.29, 1.82) is 0 Å². The molecule has 1 atom stereocenters. The van der Waals surface area contributed by atoms with E-state index in [2.05, 4.69) is 20.1 Å². The molecular formula is C26H29ClF2N4O7P-. The summed E-state index contributed by atoms with van der Waals surface area (Å²) in [5.74, 6) is -0.996. The van der Waals surface area contributed by atoms with Gasteiger partial charge in [-0.25, -0.2) is 32.8 Å². The highest BCUT2D eigenvalue weighted by Gasteiger charge is 2.31. The third-order valence-electron chi connectivity index (χ3n) is 6.06. The second-order valence-corrected chi connectivity index (χ2v) is 11.6. The van der Waals surface area contributed by atoms with E-state index in [1.165, 1.54) is 48.5 Å². The van der Waals surface area contributed by atoms with E-state index in [1.807, 2.05) is 0 Å². The fraction of sp³-hybridized carbons (Fsp3) is 0.346. The first-order chi connectivity index (χ1) is 19.1. The molecule has 0 radical (unpaired) electrons. The largest absolute Gasteiger partial charge is 0.635 e. The Hall–Kier alpha value is -3.19. The SMILES string of the molecule is CN(C(=O)NCc1cccc(F)c1Cl)[C@H](COC(=O)Nc1cc2cc(F)ccc2cn1)CC(C)(C)CO[P+]([O-])([O-])O. The molecule has 0 aliphatic heterocycles. The van der Waals surface area contributed by atoms with Crippen molar-refractivity contribution in [2.75, 3.05) is 25.6 Å². The number of rotatable bonds is 11. The van der Waals surface area contributed by atoms with Gasteiger partial charge in [-0.05, 0) is 53.1 Å². The first-order valence-electron chi connectivity index (χ1n) is 12.2. The topological polar surface area (TPSA) is 159 Å². The molecule has 41 heavy (non-hydrogen) atoms. The predicted octanol–water partition coefficient (Wildman–Crippen LogP) is 3.75.